The topological polar surface area (TPSA) is 32.7 Å². The number of hydrogen-bond donors (Lipinski definition) is 1. The quantitative estimate of drug-likeness (QED) is 0.679. The van der Waals surface area contributed by atoms with E-state index in [1.54, 1.807) is 19.1 Å². The third kappa shape index (κ3) is 2.91. The van der Waals surface area contributed by atoms with Gasteiger partial charge in [0.25, 0.3) is 0 Å². The molecule has 1 aliphatic rings. The van der Waals surface area contributed by atoms with Crippen LogP contribution in [0.5, 0.6) is 0 Å². The third-order valence-corrected chi connectivity index (χ3v) is 4.94. The molecule has 6 heteroatoms. The van der Waals surface area contributed by atoms with E-state index in [1.165, 1.54) is 11.3 Å². The van der Waals surface area contributed by atoms with Crippen molar-refractivity contribution in [3.8, 4) is 0 Å². The number of ether oxygens (including phenoxy) is 1. The molecule has 0 saturated heterocycles. The fourth-order valence-corrected chi connectivity index (χ4v) is 4.50. The zero-order valence-corrected chi connectivity index (χ0v) is 11.4. The van der Waals surface area contributed by atoms with Crippen molar-refractivity contribution in [3.63, 3.8) is 0 Å². The van der Waals surface area contributed by atoms with Gasteiger partial charge in [-0.1, -0.05) is 11.6 Å². The number of nitrogens with zero attached hydrogens (tertiary/aromatic N) is 1. The third-order valence-electron chi connectivity index (χ3n) is 2.40. The summed E-state index contributed by atoms with van der Waals surface area (Å²) in [5, 5.41) is 9.96. The Morgan fingerprint density at radius 1 is 1.69 bits per heavy atom. The summed E-state index contributed by atoms with van der Waals surface area (Å²) in [6, 6.07) is 1.87. The van der Waals surface area contributed by atoms with Crippen molar-refractivity contribution in [3.05, 3.63) is 16.0 Å². The molecule has 2 rings (SSSR count). The first-order valence-corrected chi connectivity index (χ1v) is 7.06. The minimum Gasteiger partial charge on any atom is -0.387 e. The van der Waals surface area contributed by atoms with Gasteiger partial charge in [-0.15, -0.1) is 11.3 Å². The van der Waals surface area contributed by atoms with Gasteiger partial charge in [-0.05, 0) is 24.4 Å². The van der Waals surface area contributed by atoms with E-state index in [-0.39, 0.29) is 0 Å². The number of β-amino-alcohol motifs (C(OH)–C–C–N with tert-alkyl or cyclic N) is 1. The van der Waals surface area contributed by atoms with E-state index < -0.39 is 6.10 Å². The van der Waals surface area contributed by atoms with Crippen LogP contribution >= 0.6 is 34.9 Å². The number of aliphatic hydroxyl groups is 1. The molecule has 1 aromatic heterocycles. The summed E-state index contributed by atoms with van der Waals surface area (Å²) in [6.07, 6.45) is 0.563. The summed E-state index contributed by atoms with van der Waals surface area (Å²) in [6.45, 7) is 2.34. The van der Waals surface area contributed by atoms with Crippen LogP contribution in [-0.2, 0) is 4.74 Å². The van der Waals surface area contributed by atoms with Gasteiger partial charge in [-0.25, -0.2) is 4.31 Å². The van der Waals surface area contributed by atoms with Gasteiger partial charge < -0.3 is 9.84 Å². The maximum absolute atomic E-state index is 9.96. The molecule has 90 valence electrons. The largest absolute Gasteiger partial charge is 0.387 e. The van der Waals surface area contributed by atoms with Crippen molar-refractivity contribution in [2.45, 2.75) is 16.7 Å². The molecular formula is C10H14ClNO2S2. The Morgan fingerprint density at radius 3 is 3.25 bits per heavy atom. The standard InChI is InChI=1S/C10H14ClNO2S2/c1-14-4-2-3-12-6-8(13)7-5-9(11)15-10(7)16-12/h5,8,13H,2-4,6H2,1H3/t8-/m1/s1. The fraction of sp³-hybridized carbons (Fsp3) is 0.600. The maximum atomic E-state index is 9.96. The Morgan fingerprint density at radius 2 is 2.50 bits per heavy atom. The van der Waals surface area contributed by atoms with Crippen LogP contribution in [0, 0.1) is 0 Å². The lowest BCUT2D eigenvalue weighted by Crippen LogP contribution is -2.27. The normalized spacial score (nSPS) is 21.1. The van der Waals surface area contributed by atoms with Gasteiger partial charge in [0.1, 0.15) is 0 Å². The van der Waals surface area contributed by atoms with Crippen molar-refractivity contribution < 1.29 is 9.84 Å². The van der Waals surface area contributed by atoms with E-state index in [2.05, 4.69) is 4.31 Å². The fourth-order valence-electron chi connectivity index (χ4n) is 1.63. The summed E-state index contributed by atoms with van der Waals surface area (Å²) in [5.74, 6) is 0. The Hall–Kier alpha value is 0.220. The summed E-state index contributed by atoms with van der Waals surface area (Å²) >= 11 is 9.16. The van der Waals surface area contributed by atoms with Crippen LogP contribution in [-0.4, -0.2) is 36.2 Å². The molecule has 0 saturated carbocycles. The predicted molar refractivity (Wildman–Crippen MR) is 68.2 cm³/mol. The number of methoxy groups -OCH3 is 1. The van der Waals surface area contributed by atoms with Crippen LogP contribution in [0.4, 0.5) is 0 Å². The molecule has 0 aromatic carbocycles. The van der Waals surface area contributed by atoms with Crippen LogP contribution in [0.15, 0.2) is 10.3 Å². The van der Waals surface area contributed by atoms with Crippen LogP contribution < -0.4 is 0 Å². The average Bonchev–Trinajstić information content (AvgIpc) is 2.60. The van der Waals surface area contributed by atoms with E-state index in [9.17, 15) is 5.11 Å². The maximum Gasteiger partial charge on any atom is 0.0946 e. The van der Waals surface area contributed by atoms with Crippen molar-refractivity contribution in [1.29, 1.82) is 0 Å². The molecule has 0 aliphatic carbocycles. The first-order valence-electron chi connectivity index (χ1n) is 5.10. The molecule has 0 bridgehead atoms. The molecule has 0 fully saturated rings. The molecule has 0 unspecified atom stereocenters. The lowest BCUT2D eigenvalue weighted by molar-refractivity contribution is 0.137. The second-order valence-electron chi connectivity index (χ2n) is 3.63. The number of rotatable bonds is 4. The van der Waals surface area contributed by atoms with Crippen molar-refractivity contribution in [1.82, 2.24) is 4.31 Å². The number of halogens is 1. The molecule has 16 heavy (non-hydrogen) atoms. The second-order valence-corrected chi connectivity index (χ2v) is 6.68. The number of hydrogen-bond acceptors (Lipinski definition) is 5. The Labute approximate surface area is 108 Å². The van der Waals surface area contributed by atoms with Crippen LogP contribution in [0.2, 0.25) is 4.34 Å². The van der Waals surface area contributed by atoms with Gasteiger partial charge in [0, 0.05) is 32.4 Å². The Kier molecular flexibility index (Phi) is 4.52. The lowest BCUT2D eigenvalue weighted by atomic mass is 10.2. The summed E-state index contributed by atoms with van der Waals surface area (Å²) in [4.78, 5) is 0. The molecule has 1 aromatic rings. The van der Waals surface area contributed by atoms with Crippen molar-refractivity contribution in [2.75, 3.05) is 26.8 Å². The first kappa shape index (κ1) is 12.7. The Balaban J connectivity index is 1.97. The van der Waals surface area contributed by atoms with Gasteiger partial charge in [0.2, 0.25) is 0 Å². The van der Waals surface area contributed by atoms with Crippen molar-refractivity contribution >= 4 is 34.9 Å². The number of thiophene rings is 1. The monoisotopic (exact) mass is 279 g/mol. The lowest BCUT2D eigenvalue weighted by Gasteiger charge is -2.28. The average molecular weight is 280 g/mol. The molecule has 1 aliphatic heterocycles. The van der Waals surface area contributed by atoms with Gasteiger partial charge in [0.15, 0.2) is 0 Å². The number of fused-ring (bicyclic) bond motifs is 1. The highest BCUT2D eigenvalue weighted by Gasteiger charge is 2.26. The summed E-state index contributed by atoms with van der Waals surface area (Å²) in [5.41, 5.74) is 0.975. The molecular weight excluding hydrogens is 266 g/mol. The van der Waals surface area contributed by atoms with E-state index in [1.807, 2.05) is 6.07 Å². The summed E-state index contributed by atoms with van der Waals surface area (Å²) in [7, 11) is 1.70. The van der Waals surface area contributed by atoms with Crippen molar-refractivity contribution in [2.24, 2.45) is 0 Å². The minimum absolute atomic E-state index is 0.414. The van der Waals surface area contributed by atoms with E-state index >= 15 is 0 Å². The summed E-state index contributed by atoms with van der Waals surface area (Å²) < 4.78 is 9.04. The SMILES string of the molecule is COCCCN1C[C@@H](O)c2cc(Cl)sc2S1. The van der Waals surface area contributed by atoms with Crippen LogP contribution in [0.3, 0.4) is 0 Å². The van der Waals surface area contributed by atoms with Crippen LogP contribution in [0.1, 0.15) is 18.1 Å². The predicted octanol–water partition coefficient (Wildman–Crippen LogP) is 2.79. The van der Waals surface area contributed by atoms with Gasteiger partial charge in [-0.3, -0.25) is 0 Å². The van der Waals surface area contributed by atoms with Crippen LogP contribution in [0.25, 0.3) is 0 Å². The highest BCUT2D eigenvalue weighted by Crippen LogP contribution is 2.43. The molecule has 2 heterocycles. The minimum atomic E-state index is -0.414. The van der Waals surface area contributed by atoms with Gasteiger partial charge in [-0.2, -0.15) is 0 Å². The van der Waals surface area contributed by atoms with Gasteiger partial charge >= 0.3 is 0 Å². The number of aliphatic hydroxyl groups excluding tert-OH is 1. The van der Waals surface area contributed by atoms with E-state index in [4.69, 9.17) is 16.3 Å². The van der Waals surface area contributed by atoms with E-state index in [0.717, 1.165) is 33.7 Å². The smallest absolute Gasteiger partial charge is 0.0946 e. The molecule has 0 radical (unpaired) electrons. The zero-order chi connectivity index (χ0) is 11.5. The highest BCUT2D eigenvalue weighted by atomic mass is 35.5. The van der Waals surface area contributed by atoms with E-state index in [0.29, 0.717) is 6.54 Å². The molecule has 3 nitrogen and oxygen atoms in total. The molecule has 0 amide bonds. The molecule has 0 spiro atoms. The molecule has 1 N–H and O–H groups in total. The molecule has 1 atom stereocenters. The highest BCUT2D eigenvalue weighted by molar-refractivity contribution is 7.99. The first-order chi connectivity index (χ1) is 7.70. The zero-order valence-electron chi connectivity index (χ0n) is 8.98. The second kappa shape index (κ2) is 5.71. The Bertz CT molecular complexity index is 359. The van der Waals surface area contributed by atoms with Gasteiger partial charge in [0.05, 0.1) is 14.6 Å².